The highest BCUT2D eigenvalue weighted by Crippen LogP contribution is 2.22. The molecule has 0 fully saturated rings. The molecular formula is C16H17BrFNO. The Morgan fingerprint density at radius 2 is 1.90 bits per heavy atom. The second-order valence-corrected chi connectivity index (χ2v) is 5.38. The highest BCUT2D eigenvalue weighted by atomic mass is 79.9. The minimum atomic E-state index is -0.235. The molecule has 0 saturated carbocycles. The van der Waals surface area contributed by atoms with Gasteiger partial charge in [0.15, 0.2) is 0 Å². The molecule has 0 aliphatic heterocycles. The predicted octanol–water partition coefficient (Wildman–Crippen LogP) is 4.45. The maximum absolute atomic E-state index is 13.4. The van der Waals surface area contributed by atoms with E-state index in [0.717, 1.165) is 11.3 Å². The first kappa shape index (κ1) is 15.0. The average Bonchev–Trinajstić information content (AvgIpc) is 2.48. The van der Waals surface area contributed by atoms with Gasteiger partial charge < -0.3 is 10.1 Å². The lowest BCUT2D eigenvalue weighted by Gasteiger charge is -2.15. The van der Waals surface area contributed by atoms with Crippen molar-refractivity contribution < 1.29 is 9.13 Å². The number of benzene rings is 2. The first-order valence-electron chi connectivity index (χ1n) is 6.42. The second kappa shape index (κ2) is 6.86. The highest BCUT2D eigenvalue weighted by Gasteiger charge is 2.08. The summed E-state index contributed by atoms with van der Waals surface area (Å²) in [5.74, 6) is 0.607. The van der Waals surface area contributed by atoms with Crippen LogP contribution in [0.25, 0.3) is 0 Å². The van der Waals surface area contributed by atoms with Crippen molar-refractivity contribution in [3.8, 4) is 5.75 Å². The summed E-state index contributed by atoms with van der Waals surface area (Å²) in [6, 6.07) is 13.2. The van der Waals surface area contributed by atoms with Crippen LogP contribution < -0.4 is 10.1 Å². The SMILES string of the molecule is COc1ccc([C@@H](C)NCc2cccc(F)c2Br)cc1. The van der Waals surface area contributed by atoms with E-state index in [1.165, 1.54) is 11.6 Å². The van der Waals surface area contributed by atoms with E-state index in [0.29, 0.717) is 11.0 Å². The molecule has 2 rings (SSSR count). The van der Waals surface area contributed by atoms with Gasteiger partial charge in [-0.2, -0.15) is 0 Å². The van der Waals surface area contributed by atoms with Gasteiger partial charge in [0.2, 0.25) is 0 Å². The molecule has 0 amide bonds. The first-order chi connectivity index (χ1) is 9.61. The number of rotatable bonds is 5. The highest BCUT2D eigenvalue weighted by molar-refractivity contribution is 9.10. The molecule has 0 saturated heterocycles. The lowest BCUT2D eigenvalue weighted by molar-refractivity contribution is 0.414. The van der Waals surface area contributed by atoms with Crippen molar-refractivity contribution in [3.63, 3.8) is 0 Å². The van der Waals surface area contributed by atoms with Gasteiger partial charge in [0.05, 0.1) is 11.6 Å². The zero-order valence-corrected chi connectivity index (χ0v) is 13.1. The fourth-order valence-electron chi connectivity index (χ4n) is 1.96. The van der Waals surface area contributed by atoms with E-state index in [-0.39, 0.29) is 11.9 Å². The largest absolute Gasteiger partial charge is 0.497 e. The standard InChI is InChI=1S/C16H17BrFNO/c1-11(12-6-8-14(20-2)9-7-12)19-10-13-4-3-5-15(18)16(13)17/h3-9,11,19H,10H2,1-2H3/t11-/m1/s1. The van der Waals surface area contributed by atoms with Crippen molar-refractivity contribution in [3.05, 3.63) is 63.9 Å². The van der Waals surface area contributed by atoms with Gasteiger partial charge >= 0.3 is 0 Å². The molecule has 2 aromatic rings. The Morgan fingerprint density at radius 1 is 1.20 bits per heavy atom. The molecule has 4 heteroatoms. The second-order valence-electron chi connectivity index (χ2n) is 4.59. The van der Waals surface area contributed by atoms with E-state index in [2.05, 4.69) is 28.2 Å². The van der Waals surface area contributed by atoms with Crippen LogP contribution in [0.5, 0.6) is 5.75 Å². The van der Waals surface area contributed by atoms with Gasteiger partial charge in [-0.1, -0.05) is 24.3 Å². The third-order valence-electron chi connectivity index (χ3n) is 3.25. The molecule has 20 heavy (non-hydrogen) atoms. The Bertz CT molecular complexity index is 571. The van der Waals surface area contributed by atoms with Crippen LogP contribution in [0.3, 0.4) is 0 Å². The van der Waals surface area contributed by atoms with E-state index in [1.807, 2.05) is 30.3 Å². The Balaban J connectivity index is 2.00. The molecule has 1 atom stereocenters. The van der Waals surface area contributed by atoms with Crippen molar-refractivity contribution in [2.45, 2.75) is 19.5 Å². The maximum atomic E-state index is 13.4. The topological polar surface area (TPSA) is 21.3 Å². The molecule has 2 aromatic carbocycles. The summed E-state index contributed by atoms with van der Waals surface area (Å²) in [6.07, 6.45) is 0. The summed E-state index contributed by atoms with van der Waals surface area (Å²) in [7, 11) is 1.65. The van der Waals surface area contributed by atoms with Crippen LogP contribution in [0.4, 0.5) is 4.39 Å². The molecule has 0 aromatic heterocycles. The van der Waals surface area contributed by atoms with Crippen LogP contribution >= 0.6 is 15.9 Å². The summed E-state index contributed by atoms with van der Waals surface area (Å²) in [5.41, 5.74) is 2.07. The molecular weight excluding hydrogens is 321 g/mol. The molecule has 106 valence electrons. The fraction of sp³-hybridized carbons (Fsp3) is 0.250. The first-order valence-corrected chi connectivity index (χ1v) is 7.21. The summed E-state index contributed by atoms with van der Waals surface area (Å²) in [5, 5.41) is 3.38. The van der Waals surface area contributed by atoms with Crippen LogP contribution in [0.2, 0.25) is 0 Å². The van der Waals surface area contributed by atoms with E-state index in [1.54, 1.807) is 13.2 Å². The lowest BCUT2D eigenvalue weighted by Crippen LogP contribution is -2.18. The Kier molecular flexibility index (Phi) is 5.15. The summed E-state index contributed by atoms with van der Waals surface area (Å²) in [4.78, 5) is 0. The molecule has 0 aliphatic carbocycles. The van der Waals surface area contributed by atoms with Crippen LogP contribution in [0.15, 0.2) is 46.9 Å². The zero-order valence-electron chi connectivity index (χ0n) is 11.5. The molecule has 0 aliphatic rings. The van der Waals surface area contributed by atoms with Crippen LogP contribution in [0, 0.1) is 5.82 Å². The Morgan fingerprint density at radius 3 is 2.55 bits per heavy atom. The van der Waals surface area contributed by atoms with Gasteiger partial charge in [0.25, 0.3) is 0 Å². The van der Waals surface area contributed by atoms with Crippen molar-refractivity contribution in [2.75, 3.05) is 7.11 Å². The van der Waals surface area contributed by atoms with Gasteiger partial charge in [-0.05, 0) is 52.2 Å². The van der Waals surface area contributed by atoms with Gasteiger partial charge in [0, 0.05) is 12.6 Å². The summed E-state index contributed by atoms with van der Waals surface area (Å²) in [6.45, 7) is 2.68. The minimum absolute atomic E-state index is 0.177. The Hall–Kier alpha value is -1.39. The van der Waals surface area contributed by atoms with Crippen LogP contribution in [-0.2, 0) is 6.54 Å². The number of hydrogen-bond donors (Lipinski definition) is 1. The number of halogens is 2. The molecule has 2 nitrogen and oxygen atoms in total. The molecule has 1 N–H and O–H groups in total. The Labute approximate surface area is 127 Å². The average molecular weight is 338 g/mol. The zero-order chi connectivity index (χ0) is 14.5. The molecule has 0 spiro atoms. The molecule has 0 heterocycles. The number of nitrogens with one attached hydrogen (secondary N) is 1. The van der Waals surface area contributed by atoms with Crippen molar-refractivity contribution in [2.24, 2.45) is 0 Å². The normalized spacial score (nSPS) is 12.2. The maximum Gasteiger partial charge on any atom is 0.137 e. The van der Waals surface area contributed by atoms with Gasteiger partial charge in [-0.15, -0.1) is 0 Å². The number of hydrogen-bond acceptors (Lipinski definition) is 2. The summed E-state index contributed by atoms with van der Waals surface area (Å²) < 4.78 is 19.1. The fourth-order valence-corrected chi connectivity index (χ4v) is 2.36. The van der Waals surface area contributed by atoms with Gasteiger partial charge in [-0.25, -0.2) is 4.39 Å². The van der Waals surface area contributed by atoms with Crippen molar-refractivity contribution >= 4 is 15.9 Å². The third kappa shape index (κ3) is 3.58. The quantitative estimate of drug-likeness (QED) is 0.870. The number of ether oxygens (including phenoxy) is 1. The van der Waals surface area contributed by atoms with E-state index in [9.17, 15) is 4.39 Å². The van der Waals surface area contributed by atoms with E-state index < -0.39 is 0 Å². The third-order valence-corrected chi connectivity index (χ3v) is 4.13. The number of methoxy groups -OCH3 is 1. The predicted molar refractivity (Wildman–Crippen MR) is 82.3 cm³/mol. The minimum Gasteiger partial charge on any atom is -0.497 e. The molecule has 0 bridgehead atoms. The molecule has 0 radical (unpaired) electrons. The van der Waals surface area contributed by atoms with Gasteiger partial charge in [0.1, 0.15) is 11.6 Å². The van der Waals surface area contributed by atoms with Crippen LogP contribution in [-0.4, -0.2) is 7.11 Å². The lowest BCUT2D eigenvalue weighted by atomic mass is 10.1. The van der Waals surface area contributed by atoms with E-state index in [4.69, 9.17) is 4.74 Å². The van der Waals surface area contributed by atoms with Crippen molar-refractivity contribution in [1.29, 1.82) is 0 Å². The van der Waals surface area contributed by atoms with E-state index >= 15 is 0 Å². The van der Waals surface area contributed by atoms with Gasteiger partial charge in [-0.3, -0.25) is 0 Å². The van der Waals surface area contributed by atoms with Crippen molar-refractivity contribution in [1.82, 2.24) is 5.32 Å². The monoisotopic (exact) mass is 337 g/mol. The van der Waals surface area contributed by atoms with Crippen LogP contribution in [0.1, 0.15) is 24.1 Å². The molecule has 0 unspecified atom stereocenters. The smallest absolute Gasteiger partial charge is 0.137 e. The summed E-state index contributed by atoms with van der Waals surface area (Å²) >= 11 is 3.27.